The molecular weight excluding hydrogens is 340 g/mol. The van der Waals surface area contributed by atoms with Crippen molar-refractivity contribution in [3.05, 3.63) is 29.3 Å². The van der Waals surface area contributed by atoms with Gasteiger partial charge in [-0.3, -0.25) is 0 Å². The Morgan fingerprint density at radius 3 is 2.35 bits per heavy atom. The van der Waals surface area contributed by atoms with Gasteiger partial charge in [-0.15, -0.1) is 0 Å². The van der Waals surface area contributed by atoms with E-state index in [9.17, 15) is 13.2 Å². The highest BCUT2D eigenvalue weighted by atomic mass is 35.5. The average molecular weight is 361 g/mol. The molecule has 0 saturated carbocycles. The number of piperidine rings is 1. The highest BCUT2D eigenvalue weighted by Crippen LogP contribution is 2.22. The van der Waals surface area contributed by atoms with E-state index in [2.05, 4.69) is 5.32 Å². The fourth-order valence-electron chi connectivity index (χ4n) is 2.41. The Morgan fingerprint density at radius 1 is 1.26 bits per heavy atom. The Morgan fingerprint density at radius 2 is 1.83 bits per heavy atom. The minimum Gasteiger partial charge on any atom is -0.447 e. The summed E-state index contributed by atoms with van der Waals surface area (Å²) in [4.78, 5) is 11.8. The first-order valence-electron chi connectivity index (χ1n) is 7.52. The Bertz CT molecular complexity index is 638. The number of carbonyl (C=O) groups excluding carboxylic acids is 1. The highest BCUT2D eigenvalue weighted by molar-refractivity contribution is 7.89. The zero-order valence-corrected chi connectivity index (χ0v) is 14.7. The Balaban J connectivity index is 1.93. The van der Waals surface area contributed by atoms with E-state index in [0.717, 1.165) is 0 Å². The molecule has 1 aromatic rings. The molecule has 0 unspecified atom stereocenters. The number of halogens is 1. The number of nitrogens with zero attached hydrogens (tertiary/aromatic N) is 1. The number of alkyl carbamates (subject to hydrolysis) is 1. The Kier molecular flexibility index (Phi) is 5.89. The molecule has 0 bridgehead atoms. The number of carbonyl (C=O) groups is 1. The second kappa shape index (κ2) is 7.51. The van der Waals surface area contributed by atoms with E-state index in [1.807, 2.05) is 0 Å². The van der Waals surface area contributed by atoms with E-state index >= 15 is 0 Å². The molecular formula is C15H21ClN2O4S. The third-order valence-electron chi connectivity index (χ3n) is 3.57. The van der Waals surface area contributed by atoms with Gasteiger partial charge in [0.05, 0.1) is 11.0 Å². The van der Waals surface area contributed by atoms with E-state index in [1.54, 1.807) is 26.0 Å². The molecule has 1 fully saturated rings. The molecule has 1 amide bonds. The first-order chi connectivity index (χ1) is 10.8. The lowest BCUT2D eigenvalue weighted by Gasteiger charge is -2.31. The molecule has 0 spiro atoms. The number of nitrogens with one attached hydrogen (secondary N) is 1. The van der Waals surface area contributed by atoms with Crippen molar-refractivity contribution in [2.45, 2.75) is 43.7 Å². The van der Waals surface area contributed by atoms with Crippen LogP contribution < -0.4 is 5.32 Å². The van der Waals surface area contributed by atoms with Crippen molar-refractivity contribution in [3.8, 4) is 0 Å². The first kappa shape index (κ1) is 18.0. The number of ether oxygens (including phenoxy) is 1. The summed E-state index contributed by atoms with van der Waals surface area (Å²) in [7, 11) is -3.52. The molecule has 0 radical (unpaired) electrons. The van der Waals surface area contributed by atoms with Crippen LogP contribution in [0, 0.1) is 0 Å². The van der Waals surface area contributed by atoms with E-state index in [4.69, 9.17) is 16.3 Å². The molecule has 1 aliphatic rings. The zero-order valence-electron chi connectivity index (χ0n) is 13.2. The molecule has 0 aromatic heterocycles. The first-order valence-corrected chi connectivity index (χ1v) is 9.33. The van der Waals surface area contributed by atoms with Crippen LogP contribution in [-0.4, -0.2) is 44.1 Å². The molecule has 23 heavy (non-hydrogen) atoms. The quantitative estimate of drug-likeness (QED) is 0.895. The number of benzene rings is 1. The minimum absolute atomic E-state index is 0.0714. The van der Waals surface area contributed by atoms with E-state index in [-0.39, 0.29) is 17.0 Å². The Hall–Kier alpha value is -1.31. The van der Waals surface area contributed by atoms with Gasteiger partial charge in [-0.05, 0) is 51.0 Å². The molecule has 0 atom stereocenters. The Labute approximate surface area is 141 Å². The monoisotopic (exact) mass is 360 g/mol. The van der Waals surface area contributed by atoms with Crippen molar-refractivity contribution < 1.29 is 17.9 Å². The molecule has 2 rings (SSSR count). The molecule has 8 heteroatoms. The van der Waals surface area contributed by atoms with Gasteiger partial charge >= 0.3 is 6.09 Å². The SMILES string of the molecule is CC(C)OC(=O)NC1CCN(S(=O)(=O)c2ccc(Cl)cc2)CC1. The fraction of sp³-hybridized carbons (Fsp3) is 0.533. The average Bonchev–Trinajstić information content (AvgIpc) is 2.47. The zero-order chi connectivity index (χ0) is 17.0. The van der Waals surface area contributed by atoms with E-state index in [1.165, 1.54) is 16.4 Å². The lowest BCUT2D eigenvalue weighted by Crippen LogP contribution is -2.46. The summed E-state index contributed by atoms with van der Waals surface area (Å²) in [5.74, 6) is 0. The number of sulfonamides is 1. The summed E-state index contributed by atoms with van der Waals surface area (Å²) in [5.41, 5.74) is 0. The third-order valence-corrected chi connectivity index (χ3v) is 5.73. The van der Waals surface area contributed by atoms with Gasteiger partial charge in [0.15, 0.2) is 0 Å². The maximum atomic E-state index is 12.5. The highest BCUT2D eigenvalue weighted by Gasteiger charge is 2.30. The van der Waals surface area contributed by atoms with Crippen LogP contribution in [0.15, 0.2) is 29.2 Å². The predicted octanol–water partition coefficient (Wildman–Crippen LogP) is 2.63. The van der Waals surface area contributed by atoms with Gasteiger partial charge in [0.1, 0.15) is 0 Å². The number of rotatable bonds is 4. The maximum absolute atomic E-state index is 12.5. The second-order valence-electron chi connectivity index (χ2n) is 5.73. The summed E-state index contributed by atoms with van der Waals surface area (Å²) in [5, 5.41) is 3.27. The second-order valence-corrected chi connectivity index (χ2v) is 8.11. The van der Waals surface area contributed by atoms with Gasteiger partial charge in [-0.25, -0.2) is 13.2 Å². The normalized spacial score (nSPS) is 17.2. The van der Waals surface area contributed by atoms with Gasteiger partial charge in [0.2, 0.25) is 10.0 Å². The summed E-state index contributed by atoms with van der Waals surface area (Å²) in [6, 6.07) is 6.05. The van der Waals surface area contributed by atoms with Crippen LogP contribution in [0.5, 0.6) is 0 Å². The van der Waals surface area contributed by atoms with Crippen molar-refractivity contribution in [2.75, 3.05) is 13.1 Å². The van der Waals surface area contributed by atoms with Crippen LogP contribution >= 0.6 is 11.6 Å². The largest absolute Gasteiger partial charge is 0.447 e. The number of amides is 1. The summed E-state index contributed by atoms with van der Waals surface area (Å²) in [6.07, 6.45) is 0.472. The van der Waals surface area contributed by atoms with Crippen molar-refractivity contribution in [1.82, 2.24) is 9.62 Å². The lowest BCUT2D eigenvalue weighted by atomic mass is 10.1. The van der Waals surface area contributed by atoms with Crippen molar-refractivity contribution in [3.63, 3.8) is 0 Å². The summed E-state index contributed by atoms with van der Waals surface area (Å²) >= 11 is 5.79. The van der Waals surface area contributed by atoms with Gasteiger partial charge in [-0.1, -0.05) is 11.6 Å². The van der Waals surface area contributed by atoms with Crippen LogP contribution in [0.3, 0.4) is 0 Å². The van der Waals surface area contributed by atoms with Crippen molar-refractivity contribution in [1.29, 1.82) is 0 Å². The number of hydrogen-bond donors (Lipinski definition) is 1. The predicted molar refractivity (Wildman–Crippen MR) is 88.0 cm³/mol. The van der Waals surface area contributed by atoms with E-state index < -0.39 is 16.1 Å². The summed E-state index contributed by atoms with van der Waals surface area (Å²) < 4.78 is 31.6. The molecule has 1 heterocycles. The van der Waals surface area contributed by atoms with Crippen LogP contribution in [0.2, 0.25) is 5.02 Å². The standard InChI is InChI=1S/C15H21ClN2O4S/c1-11(2)22-15(19)17-13-7-9-18(10-8-13)23(20,21)14-5-3-12(16)4-6-14/h3-6,11,13H,7-10H2,1-2H3,(H,17,19). The van der Waals surface area contributed by atoms with Gasteiger partial charge in [0.25, 0.3) is 0 Å². The van der Waals surface area contributed by atoms with Crippen molar-refractivity contribution >= 4 is 27.7 Å². The lowest BCUT2D eigenvalue weighted by molar-refractivity contribution is 0.109. The van der Waals surface area contributed by atoms with E-state index in [0.29, 0.717) is 31.0 Å². The summed E-state index contributed by atoms with van der Waals surface area (Å²) in [6.45, 7) is 4.27. The molecule has 128 valence electrons. The fourth-order valence-corrected chi connectivity index (χ4v) is 4.01. The topological polar surface area (TPSA) is 75.7 Å². The van der Waals surface area contributed by atoms with Crippen molar-refractivity contribution in [2.24, 2.45) is 0 Å². The molecule has 1 saturated heterocycles. The molecule has 1 N–H and O–H groups in total. The molecule has 0 aliphatic carbocycles. The molecule has 1 aliphatic heterocycles. The number of hydrogen-bond acceptors (Lipinski definition) is 4. The van der Waals surface area contributed by atoms with Gasteiger partial charge in [0, 0.05) is 24.2 Å². The minimum atomic E-state index is -3.52. The molecule has 6 nitrogen and oxygen atoms in total. The van der Waals surface area contributed by atoms with Gasteiger partial charge < -0.3 is 10.1 Å². The van der Waals surface area contributed by atoms with Crippen LogP contribution in [-0.2, 0) is 14.8 Å². The maximum Gasteiger partial charge on any atom is 0.407 e. The van der Waals surface area contributed by atoms with Gasteiger partial charge in [-0.2, -0.15) is 4.31 Å². The smallest absolute Gasteiger partial charge is 0.407 e. The third kappa shape index (κ3) is 4.83. The van der Waals surface area contributed by atoms with Crippen LogP contribution in [0.25, 0.3) is 0 Å². The van der Waals surface area contributed by atoms with Crippen LogP contribution in [0.1, 0.15) is 26.7 Å². The van der Waals surface area contributed by atoms with Crippen LogP contribution in [0.4, 0.5) is 4.79 Å². The molecule has 1 aromatic carbocycles.